The van der Waals surface area contributed by atoms with E-state index in [0.717, 1.165) is 16.7 Å². The zero-order chi connectivity index (χ0) is 26.0. The third-order valence-corrected chi connectivity index (χ3v) is 5.38. The van der Waals surface area contributed by atoms with Gasteiger partial charge >= 0.3 is 11.9 Å². The smallest absolute Gasteiger partial charge is 0.331 e. The number of ether oxygens (including phenoxy) is 2. The quantitative estimate of drug-likeness (QED) is 0.205. The van der Waals surface area contributed by atoms with Crippen molar-refractivity contribution in [1.29, 1.82) is 0 Å². The standard InChI is InChI=1S/C30H39NO4/c1-8-20-31(23(4)25-12-10-9-11-13-25)27(21-29(33)35-30(5,6)7)26-17-14-24(15-18-26)16-19-28(32)34-22(2)3/h8-19,22-23,27H,1,20-21H2,2-7H3/b19-16+/t23-,27+/m0/s1. The molecule has 35 heavy (non-hydrogen) atoms. The van der Waals surface area contributed by atoms with Crippen molar-refractivity contribution in [1.82, 2.24) is 4.90 Å². The van der Waals surface area contributed by atoms with Crippen molar-refractivity contribution in [3.8, 4) is 0 Å². The highest BCUT2D eigenvalue weighted by Gasteiger charge is 2.29. The van der Waals surface area contributed by atoms with E-state index in [1.165, 1.54) is 6.08 Å². The van der Waals surface area contributed by atoms with E-state index in [-0.39, 0.29) is 36.5 Å². The molecule has 0 saturated heterocycles. The van der Waals surface area contributed by atoms with Gasteiger partial charge in [0.05, 0.1) is 12.5 Å². The molecule has 0 aliphatic heterocycles. The minimum atomic E-state index is -0.560. The second-order valence-electron chi connectivity index (χ2n) is 9.86. The first kappa shape index (κ1) is 28.1. The van der Waals surface area contributed by atoms with Crippen LogP contribution >= 0.6 is 0 Å². The van der Waals surface area contributed by atoms with Crippen molar-refractivity contribution in [2.45, 2.75) is 71.8 Å². The molecule has 0 fully saturated rings. The molecule has 2 aromatic carbocycles. The Morgan fingerprint density at radius 1 is 0.971 bits per heavy atom. The van der Waals surface area contributed by atoms with E-state index in [0.29, 0.717) is 6.54 Å². The first-order chi connectivity index (χ1) is 16.5. The molecule has 0 radical (unpaired) electrons. The third-order valence-electron chi connectivity index (χ3n) is 5.38. The van der Waals surface area contributed by atoms with Gasteiger partial charge in [0.15, 0.2) is 0 Å². The summed E-state index contributed by atoms with van der Waals surface area (Å²) in [6.45, 7) is 16.0. The number of esters is 2. The summed E-state index contributed by atoms with van der Waals surface area (Å²) in [5.41, 5.74) is 2.46. The molecule has 2 aromatic rings. The zero-order valence-electron chi connectivity index (χ0n) is 21.9. The van der Waals surface area contributed by atoms with Gasteiger partial charge in [-0.3, -0.25) is 9.69 Å². The van der Waals surface area contributed by atoms with Crippen molar-refractivity contribution in [3.05, 3.63) is 90.0 Å². The number of carbonyl (C=O) groups is 2. The van der Waals surface area contributed by atoms with Crippen LogP contribution in [0.2, 0.25) is 0 Å². The van der Waals surface area contributed by atoms with E-state index >= 15 is 0 Å². The second-order valence-corrected chi connectivity index (χ2v) is 9.86. The Hall–Kier alpha value is -3.18. The minimum absolute atomic E-state index is 0.0482. The summed E-state index contributed by atoms with van der Waals surface area (Å²) in [6, 6.07) is 17.9. The Balaban J connectivity index is 2.37. The lowest BCUT2D eigenvalue weighted by Crippen LogP contribution is -2.35. The number of rotatable bonds is 11. The molecule has 5 heteroatoms. The Morgan fingerprint density at radius 2 is 1.60 bits per heavy atom. The molecular weight excluding hydrogens is 438 g/mol. The molecule has 0 heterocycles. The molecule has 5 nitrogen and oxygen atoms in total. The van der Waals surface area contributed by atoms with Crippen LogP contribution < -0.4 is 0 Å². The fourth-order valence-corrected chi connectivity index (χ4v) is 3.86. The predicted octanol–water partition coefficient (Wildman–Crippen LogP) is 6.67. The number of hydrogen-bond acceptors (Lipinski definition) is 5. The summed E-state index contributed by atoms with van der Waals surface area (Å²) in [5, 5.41) is 0. The van der Waals surface area contributed by atoms with Gasteiger partial charge < -0.3 is 9.47 Å². The third kappa shape index (κ3) is 9.53. The Bertz CT molecular complexity index is 987. The van der Waals surface area contributed by atoms with Gasteiger partial charge in [0, 0.05) is 24.7 Å². The highest BCUT2D eigenvalue weighted by atomic mass is 16.6. The van der Waals surface area contributed by atoms with E-state index in [9.17, 15) is 9.59 Å². The Morgan fingerprint density at radius 3 is 2.14 bits per heavy atom. The van der Waals surface area contributed by atoms with Gasteiger partial charge in [-0.1, -0.05) is 60.7 Å². The summed E-state index contributed by atoms with van der Waals surface area (Å²) in [5.74, 6) is -0.627. The first-order valence-corrected chi connectivity index (χ1v) is 12.1. The van der Waals surface area contributed by atoms with Crippen molar-refractivity contribution in [3.63, 3.8) is 0 Å². The highest BCUT2D eigenvalue weighted by Crippen LogP contribution is 2.34. The molecular formula is C30H39NO4. The van der Waals surface area contributed by atoms with Gasteiger partial charge in [0.1, 0.15) is 5.60 Å². The molecule has 0 aliphatic carbocycles. The molecule has 0 saturated carbocycles. The van der Waals surface area contributed by atoms with Gasteiger partial charge in [-0.05, 0) is 64.3 Å². The summed E-state index contributed by atoms with van der Waals surface area (Å²) in [6.07, 6.45) is 5.06. The van der Waals surface area contributed by atoms with Crippen LogP contribution in [0.3, 0.4) is 0 Å². The van der Waals surface area contributed by atoms with Crippen molar-refractivity contribution in [2.24, 2.45) is 0 Å². The normalized spacial score (nSPS) is 13.6. The van der Waals surface area contributed by atoms with Crippen LogP contribution in [0.25, 0.3) is 6.08 Å². The van der Waals surface area contributed by atoms with Gasteiger partial charge in [0.25, 0.3) is 0 Å². The highest BCUT2D eigenvalue weighted by molar-refractivity contribution is 5.87. The van der Waals surface area contributed by atoms with E-state index in [2.05, 4.69) is 30.5 Å². The molecule has 0 amide bonds. The maximum Gasteiger partial charge on any atom is 0.331 e. The average molecular weight is 478 g/mol. The summed E-state index contributed by atoms with van der Waals surface area (Å²) in [7, 11) is 0. The van der Waals surface area contributed by atoms with E-state index < -0.39 is 5.60 Å². The lowest BCUT2D eigenvalue weighted by molar-refractivity contribution is -0.156. The molecule has 0 N–H and O–H groups in total. The number of nitrogens with zero attached hydrogens (tertiary/aromatic N) is 1. The van der Waals surface area contributed by atoms with E-state index in [4.69, 9.17) is 9.47 Å². The van der Waals surface area contributed by atoms with Crippen LogP contribution in [0.4, 0.5) is 0 Å². The van der Waals surface area contributed by atoms with Gasteiger partial charge in [-0.25, -0.2) is 4.79 Å². The monoisotopic (exact) mass is 477 g/mol. The topological polar surface area (TPSA) is 55.8 Å². The maximum absolute atomic E-state index is 12.9. The lowest BCUT2D eigenvalue weighted by atomic mass is 9.96. The molecule has 2 atom stereocenters. The fraction of sp³-hybridized carbons (Fsp3) is 0.400. The van der Waals surface area contributed by atoms with Crippen LogP contribution in [0.5, 0.6) is 0 Å². The molecule has 2 rings (SSSR count). The van der Waals surface area contributed by atoms with Gasteiger partial charge in [-0.2, -0.15) is 0 Å². The van der Waals surface area contributed by atoms with Crippen LogP contribution in [-0.4, -0.2) is 35.1 Å². The average Bonchev–Trinajstić information content (AvgIpc) is 2.79. The number of hydrogen-bond donors (Lipinski definition) is 0. The Labute approximate surface area is 210 Å². The predicted molar refractivity (Wildman–Crippen MR) is 142 cm³/mol. The van der Waals surface area contributed by atoms with Gasteiger partial charge in [-0.15, -0.1) is 6.58 Å². The largest absolute Gasteiger partial charge is 0.460 e. The van der Waals surface area contributed by atoms with Crippen molar-refractivity contribution in [2.75, 3.05) is 6.54 Å². The molecule has 0 spiro atoms. The lowest BCUT2D eigenvalue weighted by Gasteiger charge is -2.36. The number of carbonyl (C=O) groups excluding carboxylic acids is 2. The molecule has 0 unspecified atom stereocenters. The summed E-state index contributed by atoms with van der Waals surface area (Å²) < 4.78 is 10.8. The van der Waals surface area contributed by atoms with Crippen LogP contribution in [-0.2, 0) is 19.1 Å². The second kappa shape index (κ2) is 13.1. The maximum atomic E-state index is 12.9. The first-order valence-electron chi connectivity index (χ1n) is 12.1. The zero-order valence-corrected chi connectivity index (χ0v) is 21.9. The summed E-state index contributed by atoms with van der Waals surface area (Å²) in [4.78, 5) is 27.0. The van der Waals surface area contributed by atoms with Crippen LogP contribution in [0, 0.1) is 0 Å². The fourth-order valence-electron chi connectivity index (χ4n) is 3.86. The van der Waals surface area contributed by atoms with E-state index in [1.807, 2.05) is 83.2 Å². The molecule has 0 aliphatic rings. The van der Waals surface area contributed by atoms with E-state index in [1.54, 1.807) is 6.08 Å². The molecule has 0 aromatic heterocycles. The van der Waals surface area contributed by atoms with Crippen LogP contribution in [0.1, 0.15) is 76.7 Å². The van der Waals surface area contributed by atoms with Gasteiger partial charge in [0.2, 0.25) is 0 Å². The SMILES string of the molecule is C=CCN([C@H](CC(=O)OC(C)(C)C)c1ccc(/C=C/C(=O)OC(C)C)cc1)[C@@H](C)c1ccccc1. The molecule has 188 valence electrons. The minimum Gasteiger partial charge on any atom is -0.460 e. The summed E-state index contributed by atoms with van der Waals surface area (Å²) >= 11 is 0. The van der Waals surface area contributed by atoms with Crippen molar-refractivity contribution >= 4 is 18.0 Å². The van der Waals surface area contributed by atoms with Crippen LogP contribution in [0.15, 0.2) is 73.3 Å². The van der Waals surface area contributed by atoms with Crippen molar-refractivity contribution < 1.29 is 19.1 Å². The Kier molecular flexibility index (Phi) is 10.5. The number of benzene rings is 2. The molecule has 0 bridgehead atoms.